The van der Waals surface area contributed by atoms with Crippen molar-refractivity contribution in [3.05, 3.63) is 11.8 Å². The molecule has 0 aliphatic rings. The Kier molecular flexibility index (Phi) is 17.0. The van der Waals surface area contributed by atoms with Gasteiger partial charge >= 0.3 is 12.4 Å². The molecular weight excluding hydrogens is 446 g/mol. The second-order valence-electron chi connectivity index (χ2n) is 9.26. The van der Waals surface area contributed by atoms with Crippen LogP contribution >= 0.6 is 0 Å². The number of unbranched alkanes of at least 4 members (excludes halogenated alkanes) is 5. The molecule has 0 spiro atoms. The van der Waals surface area contributed by atoms with Crippen LogP contribution < -0.4 is 0 Å². The van der Waals surface area contributed by atoms with Crippen LogP contribution in [-0.4, -0.2) is 31.7 Å². The lowest BCUT2D eigenvalue weighted by Gasteiger charge is -2.24. The summed E-state index contributed by atoms with van der Waals surface area (Å²) in [6, 6.07) is 0. The first kappa shape index (κ1) is 32.1. The van der Waals surface area contributed by atoms with E-state index in [1.807, 2.05) is 13.8 Å². The molecule has 0 aromatic carbocycles. The van der Waals surface area contributed by atoms with Crippen LogP contribution in [0.4, 0.5) is 26.3 Å². The second kappa shape index (κ2) is 17.5. The first-order valence-electron chi connectivity index (χ1n) is 12.5. The van der Waals surface area contributed by atoms with Gasteiger partial charge in [-0.2, -0.15) is 26.3 Å². The van der Waals surface area contributed by atoms with Crippen molar-refractivity contribution in [2.45, 2.75) is 123 Å². The van der Waals surface area contributed by atoms with E-state index in [0.29, 0.717) is 18.4 Å². The van der Waals surface area contributed by atoms with Crippen molar-refractivity contribution >= 4 is 0 Å². The fourth-order valence-electron chi connectivity index (χ4n) is 3.61. The summed E-state index contributed by atoms with van der Waals surface area (Å²) in [4.78, 5) is 0. The highest BCUT2D eigenvalue weighted by molar-refractivity contribution is 5.02. The zero-order valence-corrected chi connectivity index (χ0v) is 20.8. The number of alkyl halides is 6. The van der Waals surface area contributed by atoms with Gasteiger partial charge in [-0.1, -0.05) is 79.1 Å². The minimum absolute atomic E-state index is 0.0237. The maximum atomic E-state index is 13.4. The second-order valence-corrected chi connectivity index (χ2v) is 9.26. The normalized spacial score (nSPS) is 15.2. The standard InChI is InChI=1S/C25H44F6O2/c1-5-7-10-15-21(13-6-2)19-33-23(25(29,30)31)17-16-22(24(26,27)28)32-18-12-9-8-11-14-20(3)4/h16,20-21,23H,5-15,17-19H2,1-4H3/b22-16-. The van der Waals surface area contributed by atoms with Gasteiger partial charge in [-0.15, -0.1) is 0 Å². The van der Waals surface area contributed by atoms with Crippen molar-refractivity contribution < 1.29 is 35.8 Å². The number of rotatable bonds is 19. The van der Waals surface area contributed by atoms with Gasteiger partial charge in [-0.05, 0) is 37.2 Å². The first-order chi connectivity index (χ1) is 15.4. The summed E-state index contributed by atoms with van der Waals surface area (Å²) in [5.41, 5.74) is 0. The van der Waals surface area contributed by atoms with Crippen LogP contribution in [0.2, 0.25) is 0 Å². The van der Waals surface area contributed by atoms with Gasteiger partial charge in [0.15, 0.2) is 11.9 Å². The fourth-order valence-corrected chi connectivity index (χ4v) is 3.61. The van der Waals surface area contributed by atoms with Gasteiger partial charge in [0, 0.05) is 6.42 Å². The van der Waals surface area contributed by atoms with E-state index in [9.17, 15) is 26.3 Å². The Bertz CT molecular complexity index is 500. The van der Waals surface area contributed by atoms with Crippen molar-refractivity contribution in [2.75, 3.05) is 13.2 Å². The first-order valence-corrected chi connectivity index (χ1v) is 12.5. The number of ether oxygens (including phenoxy) is 2. The Balaban J connectivity index is 4.85. The molecule has 0 saturated carbocycles. The lowest BCUT2D eigenvalue weighted by atomic mass is 9.97. The average molecular weight is 491 g/mol. The largest absolute Gasteiger partial charge is 0.489 e. The van der Waals surface area contributed by atoms with E-state index in [-0.39, 0.29) is 19.1 Å². The molecule has 0 saturated heterocycles. The summed E-state index contributed by atoms with van der Waals surface area (Å²) in [6.07, 6.45) is -2.95. The third-order valence-corrected chi connectivity index (χ3v) is 5.54. The van der Waals surface area contributed by atoms with E-state index < -0.39 is 30.6 Å². The van der Waals surface area contributed by atoms with Crippen LogP contribution in [0.3, 0.4) is 0 Å². The molecule has 2 nitrogen and oxygen atoms in total. The van der Waals surface area contributed by atoms with Gasteiger partial charge in [-0.3, -0.25) is 0 Å². The Morgan fingerprint density at radius 2 is 1.42 bits per heavy atom. The summed E-state index contributed by atoms with van der Waals surface area (Å²) in [6.45, 7) is 7.95. The maximum absolute atomic E-state index is 13.4. The minimum Gasteiger partial charge on any atom is -0.489 e. The molecule has 0 aromatic heterocycles. The third-order valence-electron chi connectivity index (χ3n) is 5.54. The lowest BCUT2D eigenvalue weighted by Crippen LogP contribution is -2.33. The van der Waals surface area contributed by atoms with Gasteiger partial charge < -0.3 is 9.47 Å². The molecule has 2 atom stereocenters. The highest BCUT2D eigenvalue weighted by atomic mass is 19.4. The molecule has 0 heterocycles. The summed E-state index contributed by atoms with van der Waals surface area (Å²) in [5, 5.41) is 0. The monoisotopic (exact) mass is 490 g/mol. The molecule has 0 N–H and O–H groups in total. The minimum atomic E-state index is -4.83. The van der Waals surface area contributed by atoms with E-state index in [1.54, 1.807) is 0 Å². The molecule has 0 bridgehead atoms. The predicted octanol–water partition coefficient (Wildman–Crippen LogP) is 9.39. The van der Waals surface area contributed by atoms with Crippen LogP contribution in [0.15, 0.2) is 11.8 Å². The van der Waals surface area contributed by atoms with Crippen LogP contribution in [0.1, 0.15) is 105 Å². The third kappa shape index (κ3) is 17.2. The SMILES string of the molecule is CCCCCC(CCC)COC(C/C=C(\OCCCCCCC(C)C)C(F)(F)F)C(F)(F)F. The van der Waals surface area contributed by atoms with E-state index in [0.717, 1.165) is 64.2 Å². The lowest BCUT2D eigenvalue weighted by molar-refractivity contribution is -0.222. The summed E-state index contributed by atoms with van der Waals surface area (Å²) in [7, 11) is 0. The molecule has 33 heavy (non-hydrogen) atoms. The predicted molar refractivity (Wildman–Crippen MR) is 121 cm³/mol. The highest BCUT2D eigenvalue weighted by Crippen LogP contribution is 2.31. The van der Waals surface area contributed by atoms with Crippen molar-refractivity contribution in [2.24, 2.45) is 11.8 Å². The molecule has 0 amide bonds. The smallest absolute Gasteiger partial charge is 0.448 e. The molecule has 8 heteroatoms. The van der Waals surface area contributed by atoms with Crippen molar-refractivity contribution in [1.82, 2.24) is 0 Å². The van der Waals surface area contributed by atoms with Crippen LogP contribution in [-0.2, 0) is 9.47 Å². The Hall–Kier alpha value is -0.920. The van der Waals surface area contributed by atoms with Crippen molar-refractivity contribution in [3.63, 3.8) is 0 Å². The van der Waals surface area contributed by atoms with E-state index in [1.165, 1.54) is 0 Å². The molecule has 0 aliphatic heterocycles. The quantitative estimate of drug-likeness (QED) is 0.102. The molecule has 0 fully saturated rings. The topological polar surface area (TPSA) is 18.5 Å². The Labute approximate surface area is 196 Å². The molecule has 2 unspecified atom stereocenters. The van der Waals surface area contributed by atoms with E-state index in [2.05, 4.69) is 13.8 Å². The number of halogens is 6. The fraction of sp³-hybridized carbons (Fsp3) is 0.920. The van der Waals surface area contributed by atoms with Gasteiger partial charge in [0.05, 0.1) is 13.2 Å². The Morgan fingerprint density at radius 1 is 0.788 bits per heavy atom. The number of hydrogen-bond donors (Lipinski definition) is 0. The van der Waals surface area contributed by atoms with Gasteiger partial charge in [-0.25, -0.2) is 0 Å². The summed E-state index contributed by atoms with van der Waals surface area (Å²) >= 11 is 0. The molecular formula is C25H44F6O2. The molecule has 198 valence electrons. The summed E-state index contributed by atoms with van der Waals surface area (Å²) in [5.74, 6) is -0.807. The number of allylic oxidation sites excluding steroid dienone is 1. The van der Waals surface area contributed by atoms with E-state index >= 15 is 0 Å². The van der Waals surface area contributed by atoms with Gasteiger partial charge in [0.2, 0.25) is 0 Å². The van der Waals surface area contributed by atoms with Crippen LogP contribution in [0.25, 0.3) is 0 Å². The van der Waals surface area contributed by atoms with Crippen LogP contribution in [0, 0.1) is 11.8 Å². The Morgan fingerprint density at radius 3 is 1.97 bits per heavy atom. The highest BCUT2D eigenvalue weighted by Gasteiger charge is 2.42. The molecule has 0 rings (SSSR count). The van der Waals surface area contributed by atoms with E-state index in [4.69, 9.17) is 9.47 Å². The molecule has 0 aliphatic carbocycles. The van der Waals surface area contributed by atoms with Crippen LogP contribution in [0.5, 0.6) is 0 Å². The summed E-state index contributed by atoms with van der Waals surface area (Å²) < 4.78 is 90.0. The van der Waals surface area contributed by atoms with Crippen molar-refractivity contribution in [1.29, 1.82) is 0 Å². The molecule has 0 radical (unpaired) electrons. The zero-order chi connectivity index (χ0) is 25.3. The number of hydrogen-bond acceptors (Lipinski definition) is 2. The van der Waals surface area contributed by atoms with Crippen molar-refractivity contribution in [3.8, 4) is 0 Å². The van der Waals surface area contributed by atoms with Gasteiger partial charge in [0.1, 0.15) is 0 Å². The zero-order valence-electron chi connectivity index (χ0n) is 20.8. The average Bonchev–Trinajstić information content (AvgIpc) is 2.69. The maximum Gasteiger partial charge on any atom is 0.448 e. The van der Waals surface area contributed by atoms with Gasteiger partial charge in [0.25, 0.3) is 0 Å². The molecule has 0 aromatic rings.